The Kier molecular flexibility index (Phi) is 3.99. The van der Waals surface area contributed by atoms with Crippen LogP contribution in [0.1, 0.15) is 45.1 Å². The van der Waals surface area contributed by atoms with Crippen LogP contribution in [-0.4, -0.2) is 13.1 Å². The standard InChI is InChI=1S/C16H23N3/c1-3-16(4-2)7-9-19(10-8-16)15-6-5-14(18)11-13(15)12-17/h5-6,11H,3-4,7-10,18H2,1-2H3. The summed E-state index contributed by atoms with van der Waals surface area (Å²) in [6.45, 7) is 6.67. The summed E-state index contributed by atoms with van der Waals surface area (Å²) in [4.78, 5) is 2.33. The molecule has 0 spiro atoms. The summed E-state index contributed by atoms with van der Waals surface area (Å²) in [6.07, 6.45) is 4.94. The van der Waals surface area contributed by atoms with Gasteiger partial charge in [0, 0.05) is 18.8 Å². The predicted octanol–water partition coefficient (Wildman–Crippen LogP) is 3.55. The highest BCUT2D eigenvalue weighted by atomic mass is 15.1. The average molecular weight is 257 g/mol. The molecule has 0 aromatic heterocycles. The van der Waals surface area contributed by atoms with Gasteiger partial charge in [0.1, 0.15) is 6.07 Å². The van der Waals surface area contributed by atoms with Crippen LogP contribution >= 0.6 is 0 Å². The van der Waals surface area contributed by atoms with Crippen molar-refractivity contribution in [1.82, 2.24) is 0 Å². The fraction of sp³-hybridized carbons (Fsp3) is 0.562. The van der Waals surface area contributed by atoms with Crippen LogP contribution in [0.25, 0.3) is 0 Å². The van der Waals surface area contributed by atoms with Crippen molar-refractivity contribution in [3.8, 4) is 6.07 Å². The van der Waals surface area contributed by atoms with E-state index >= 15 is 0 Å². The lowest BCUT2D eigenvalue weighted by molar-refractivity contribution is 0.199. The van der Waals surface area contributed by atoms with Crippen LogP contribution in [0.2, 0.25) is 0 Å². The first-order valence-electron chi connectivity index (χ1n) is 7.18. The summed E-state index contributed by atoms with van der Waals surface area (Å²) in [7, 11) is 0. The number of hydrogen-bond acceptors (Lipinski definition) is 3. The van der Waals surface area contributed by atoms with Gasteiger partial charge in [0.05, 0.1) is 11.3 Å². The lowest BCUT2D eigenvalue weighted by Gasteiger charge is -2.42. The van der Waals surface area contributed by atoms with Crippen molar-refractivity contribution >= 4 is 11.4 Å². The number of anilines is 2. The van der Waals surface area contributed by atoms with Crippen molar-refractivity contribution < 1.29 is 0 Å². The Bertz CT molecular complexity index is 473. The summed E-state index contributed by atoms with van der Waals surface area (Å²) < 4.78 is 0. The van der Waals surface area contributed by atoms with Crippen molar-refractivity contribution in [1.29, 1.82) is 5.26 Å². The van der Waals surface area contributed by atoms with E-state index in [4.69, 9.17) is 5.73 Å². The summed E-state index contributed by atoms with van der Waals surface area (Å²) in [5.74, 6) is 0. The Hall–Kier alpha value is -1.69. The number of nitriles is 1. The van der Waals surface area contributed by atoms with Crippen LogP contribution in [-0.2, 0) is 0 Å². The Morgan fingerprint density at radius 2 is 1.89 bits per heavy atom. The number of nitrogens with zero attached hydrogens (tertiary/aromatic N) is 2. The average Bonchev–Trinajstić information content (AvgIpc) is 2.47. The predicted molar refractivity (Wildman–Crippen MR) is 80.0 cm³/mol. The first-order valence-corrected chi connectivity index (χ1v) is 7.18. The van der Waals surface area contributed by atoms with Crippen molar-refractivity contribution in [2.24, 2.45) is 5.41 Å². The summed E-state index contributed by atoms with van der Waals surface area (Å²) >= 11 is 0. The second-order valence-electron chi connectivity index (χ2n) is 5.58. The molecule has 0 amide bonds. The van der Waals surface area contributed by atoms with E-state index in [9.17, 15) is 5.26 Å². The molecule has 0 saturated carbocycles. The number of rotatable bonds is 3. The van der Waals surface area contributed by atoms with Crippen molar-refractivity contribution in [2.75, 3.05) is 23.7 Å². The quantitative estimate of drug-likeness (QED) is 0.842. The minimum atomic E-state index is 0.511. The third kappa shape index (κ3) is 2.68. The van der Waals surface area contributed by atoms with Gasteiger partial charge in [0.2, 0.25) is 0 Å². The molecular weight excluding hydrogens is 234 g/mol. The van der Waals surface area contributed by atoms with Gasteiger partial charge in [-0.25, -0.2) is 0 Å². The van der Waals surface area contributed by atoms with Crippen LogP contribution in [0.3, 0.4) is 0 Å². The van der Waals surface area contributed by atoms with Gasteiger partial charge in [-0.2, -0.15) is 5.26 Å². The van der Waals surface area contributed by atoms with Crippen LogP contribution in [0.15, 0.2) is 18.2 Å². The molecule has 3 heteroatoms. The molecule has 0 radical (unpaired) electrons. The largest absolute Gasteiger partial charge is 0.399 e. The second-order valence-corrected chi connectivity index (χ2v) is 5.58. The molecule has 1 aromatic rings. The zero-order chi connectivity index (χ0) is 13.9. The first kappa shape index (κ1) is 13.7. The van der Waals surface area contributed by atoms with E-state index < -0.39 is 0 Å². The van der Waals surface area contributed by atoms with E-state index in [0.717, 1.165) is 18.8 Å². The zero-order valence-electron chi connectivity index (χ0n) is 11.9. The van der Waals surface area contributed by atoms with E-state index in [1.807, 2.05) is 12.1 Å². The molecule has 1 aromatic carbocycles. The van der Waals surface area contributed by atoms with E-state index in [1.54, 1.807) is 6.07 Å². The van der Waals surface area contributed by atoms with E-state index in [0.29, 0.717) is 16.7 Å². The molecule has 0 atom stereocenters. The smallest absolute Gasteiger partial charge is 0.101 e. The molecular formula is C16H23N3. The number of piperidine rings is 1. The van der Waals surface area contributed by atoms with Crippen LogP contribution < -0.4 is 10.6 Å². The normalized spacial score (nSPS) is 18.1. The lowest BCUT2D eigenvalue weighted by atomic mass is 9.74. The maximum Gasteiger partial charge on any atom is 0.101 e. The molecule has 102 valence electrons. The Morgan fingerprint density at radius 3 is 2.42 bits per heavy atom. The highest BCUT2D eigenvalue weighted by Gasteiger charge is 2.31. The van der Waals surface area contributed by atoms with Gasteiger partial charge in [-0.05, 0) is 36.5 Å². The number of nitrogen functional groups attached to an aromatic ring is 1. The molecule has 0 unspecified atom stereocenters. The van der Waals surface area contributed by atoms with Gasteiger partial charge in [-0.3, -0.25) is 0 Å². The van der Waals surface area contributed by atoms with Crippen molar-refractivity contribution in [3.63, 3.8) is 0 Å². The summed E-state index contributed by atoms with van der Waals surface area (Å²) in [5.41, 5.74) is 8.66. The van der Waals surface area contributed by atoms with E-state index in [-0.39, 0.29) is 0 Å². The Labute approximate surface area is 116 Å². The topological polar surface area (TPSA) is 53.0 Å². The maximum absolute atomic E-state index is 9.24. The fourth-order valence-electron chi connectivity index (χ4n) is 3.10. The molecule has 2 rings (SSSR count). The molecule has 19 heavy (non-hydrogen) atoms. The summed E-state index contributed by atoms with van der Waals surface area (Å²) in [6, 6.07) is 7.91. The zero-order valence-corrected chi connectivity index (χ0v) is 11.9. The molecule has 1 heterocycles. The van der Waals surface area contributed by atoms with Gasteiger partial charge in [-0.1, -0.05) is 26.7 Å². The van der Waals surface area contributed by atoms with Crippen LogP contribution in [0.4, 0.5) is 11.4 Å². The first-order chi connectivity index (χ1) is 9.14. The number of benzene rings is 1. The van der Waals surface area contributed by atoms with Gasteiger partial charge >= 0.3 is 0 Å². The van der Waals surface area contributed by atoms with Gasteiger partial charge in [-0.15, -0.1) is 0 Å². The monoisotopic (exact) mass is 257 g/mol. The van der Waals surface area contributed by atoms with Crippen LogP contribution in [0.5, 0.6) is 0 Å². The fourth-order valence-corrected chi connectivity index (χ4v) is 3.10. The van der Waals surface area contributed by atoms with E-state index in [2.05, 4.69) is 24.8 Å². The highest BCUT2D eigenvalue weighted by molar-refractivity contribution is 5.64. The van der Waals surface area contributed by atoms with Crippen molar-refractivity contribution in [2.45, 2.75) is 39.5 Å². The lowest BCUT2D eigenvalue weighted by Crippen LogP contribution is -2.39. The second kappa shape index (κ2) is 5.52. The Morgan fingerprint density at radius 1 is 1.26 bits per heavy atom. The van der Waals surface area contributed by atoms with Crippen molar-refractivity contribution in [3.05, 3.63) is 23.8 Å². The maximum atomic E-state index is 9.24. The van der Waals surface area contributed by atoms with Gasteiger partial charge < -0.3 is 10.6 Å². The Balaban J connectivity index is 2.16. The van der Waals surface area contributed by atoms with Gasteiger partial charge in [0.25, 0.3) is 0 Å². The molecule has 1 saturated heterocycles. The van der Waals surface area contributed by atoms with E-state index in [1.165, 1.54) is 25.7 Å². The SMILES string of the molecule is CCC1(CC)CCN(c2ccc(N)cc2C#N)CC1. The van der Waals surface area contributed by atoms with Gasteiger partial charge in [0.15, 0.2) is 0 Å². The molecule has 1 aliphatic rings. The molecule has 1 fully saturated rings. The van der Waals surface area contributed by atoms with Crippen LogP contribution in [0, 0.1) is 16.7 Å². The highest BCUT2D eigenvalue weighted by Crippen LogP contribution is 2.39. The third-order valence-electron chi connectivity index (χ3n) is 4.81. The third-order valence-corrected chi connectivity index (χ3v) is 4.81. The molecule has 1 aliphatic heterocycles. The summed E-state index contributed by atoms with van der Waals surface area (Å²) in [5, 5.41) is 9.24. The molecule has 0 aliphatic carbocycles. The number of nitrogens with two attached hydrogens (primary N) is 1. The minimum Gasteiger partial charge on any atom is -0.399 e. The molecule has 2 N–H and O–H groups in total. The molecule has 0 bridgehead atoms. The number of hydrogen-bond donors (Lipinski definition) is 1. The molecule has 3 nitrogen and oxygen atoms in total. The minimum absolute atomic E-state index is 0.511.